The lowest BCUT2D eigenvalue weighted by Crippen LogP contribution is -3.11. The van der Waals surface area contributed by atoms with Crippen molar-refractivity contribution in [1.29, 1.82) is 0 Å². The predicted molar refractivity (Wildman–Crippen MR) is 172 cm³/mol. The summed E-state index contributed by atoms with van der Waals surface area (Å²) in [6.45, 7) is 7.30. The van der Waals surface area contributed by atoms with E-state index in [-0.39, 0.29) is 24.8 Å². The van der Waals surface area contributed by atoms with Crippen LogP contribution in [0.1, 0.15) is 57.6 Å². The lowest BCUT2D eigenvalue weighted by molar-refractivity contribution is -0.850. The SMILES string of the molecule is CNC(=O)CCC1(C)c2ccccc2[NH+](CCC(=O)O)C1/C=C/C=C1/N(CCC(=O)O)c2ccc3ccccc3c2C1(C)C. The molecule has 2 heterocycles. The molecule has 0 radical (unpaired) electrons. The number of para-hydroxylation sites is 1. The first-order valence-corrected chi connectivity index (χ1v) is 15.3. The summed E-state index contributed by atoms with van der Waals surface area (Å²) >= 11 is 0. The smallest absolute Gasteiger partial charge is 0.309 e. The lowest BCUT2D eigenvalue weighted by Gasteiger charge is -2.31. The number of carboxylic acids is 2. The number of hydrogen-bond acceptors (Lipinski definition) is 4. The van der Waals surface area contributed by atoms with E-state index in [1.165, 1.54) is 5.56 Å². The second-order valence-corrected chi connectivity index (χ2v) is 12.6. The van der Waals surface area contributed by atoms with Crippen molar-refractivity contribution in [1.82, 2.24) is 5.32 Å². The van der Waals surface area contributed by atoms with E-state index >= 15 is 0 Å². The van der Waals surface area contributed by atoms with E-state index in [1.807, 2.05) is 30.3 Å². The van der Waals surface area contributed by atoms with Gasteiger partial charge in [-0.05, 0) is 54.0 Å². The Morgan fingerprint density at radius 1 is 0.932 bits per heavy atom. The summed E-state index contributed by atoms with van der Waals surface area (Å²) in [5.41, 5.74) is 4.62. The third-order valence-corrected chi connectivity index (χ3v) is 9.57. The summed E-state index contributed by atoms with van der Waals surface area (Å²) < 4.78 is 0. The van der Waals surface area contributed by atoms with Crippen LogP contribution in [0.3, 0.4) is 0 Å². The minimum atomic E-state index is -0.847. The summed E-state index contributed by atoms with van der Waals surface area (Å²) in [7, 11) is 1.64. The number of quaternary nitrogens is 1. The van der Waals surface area contributed by atoms with Crippen molar-refractivity contribution < 1.29 is 29.5 Å². The molecule has 3 aromatic rings. The molecule has 0 saturated carbocycles. The van der Waals surface area contributed by atoms with Crippen molar-refractivity contribution in [3.63, 3.8) is 0 Å². The Hall–Kier alpha value is -4.43. The van der Waals surface area contributed by atoms with Gasteiger partial charge in [-0.25, -0.2) is 0 Å². The number of carbonyl (C=O) groups excluding carboxylic acids is 1. The third-order valence-electron chi connectivity index (χ3n) is 9.57. The van der Waals surface area contributed by atoms with Gasteiger partial charge in [-0.1, -0.05) is 68.5 Å². The minimum Gasteiger partial charge on any atom is -0.481 e. The molecular weight excluding hydrogens is 554 g/mol. The van der Waals surface area contributed by atoms with E-state index in [0.717, 1.165) is 38.3 Å². The van der Waals surface area contributed by atoms with Crippen LogP contribution < -0.4 is 15.1 Å². The molecule has 3 aromatic carbocycles. The van der Waals surface area contributed by atoms with Crippen LogP contribution in [0.15, 0.2) is 84.6 Å². The third kappa shape index (κ3) is 5.62. The number of aliphatic carboxylic acids is 2. The molecule has 5 rings (SSSR count). The topological polar surface area (TPSA) is 111 Å². The molecule has 0 aliphatic carbocycles. The molecule has 0 fully saturated rings. The Balaban J connectivity index is 1.58. The van der Waals surface area contributed by atoms with Crippen LogP contribution in [-0.2, 0) is 25.2 Å². The second kappa shape index (κ2) is 12.3. The van der Waals surface area contributed by atoms with Crippen LogP contribution in [0.5, 0.6) is 0 Å². The van der Waals surface area contributed by atoms with Crippen molar-refractivity contribution >= 4 is 40.0 Å². The number of nitrogens with zero attached hydrogens (tertiary/aromatic N) is 1. The predicted octanol–water partition coefficient (Wildman–Crippen LogP) is 4.71. The number of rotatable bonds is 11. The quantitative estimate of drug-likeness (QED) is 0.255. The molecule has 0 saturated heterocycles. The molecule has 8 heteroatoms. The number of anilines is 1. The second-order valence-electron chi connectivity index (χ2n) is 12.6. The molecule has 1 amide bonds. The standard InChI is InChI=1S/C36H41N3O5/c1-35(2)29(39(23-20-33(43)44)28-17-16-24-10-5-6-11-25(24)34(28)35)14-9-15-30-36(3,21-18-31(40)37-4)26-12-7-8-13-27(26)38(30)22-19-32(41)42/h5-17,30H,18-23H2,1-4H3,(H,37,40)(H,41,42)(H,43,44)/p+1/b15-9+,29-14+. The van der Waals surface area contributed by atoms with Gasteiger partial charge in [0.15, 0.2) is 0 Å². The normalized spacial score (nSPS) is 22.8. The van der Waals surface area contributed by atoms with Gasteiger partial charge in [0.2, 0.25) is 5.91 Å². The zero-order chi connectivity index (χ0) is 31.6. The maximum absolute atomic E-state index is 12.4. The highest BCUT2D eigenvalue weighted by molar-refractivity contribution is 5.95. The maximum atomic E-state index is 12.4. The van der Waals surface area contributed by atoms with Crippen LogP contribution >= 0.6 is 0 Å². The number of carbonyl (C=O) groups is 3. The highest BCUT2D eigenvalue weighted by Gasteiger charge is 2.50. The fourth-order valence-corrected chi connectivity index (χ4v) is 7.37. The van der Waals surface area contributed by atoms with E-state index < -0.39 is 22.8 Å². The summed E-state index contributed by atoms with van der Waals surface area (Å²) in [4.78, 5) is 38.9. The fourth-order valence-electron chi connectivity index (χ4n) is 7.37. The monoisotopic (exact) mass is 596 g/mol. The number of nitrogens with one attached hydrogen (secondary N) is 2. The molecule has 0 spiro atoms. The molecule has 230 valence electrons. The van der Waals surface area contributed by atoms with Gasteiger partial charge in [0, 0.05) is 42.4 Å². The number of benzene rings is 3. The maximum Gasteiger partial charge on any atom is 0.309 e. The Bertz CT molecular complexity index is 1660. The van der Waals surface area contributed by atoms with E-state index in [2.05, 4.69) is 79.5 Å². The summed E-state index contributed by atoms with van der Waals surface area (Å²) in [5.74, 6) is -1.72. The minimum absolute atomic E-state index is 0.00597. The van der Waals surface area contributed by atoms with Crippen molar-refractivity contribution in [3.8, 4) is 0 Å². The molecular formula is C36H42N3O5+. The van der Waals surface area contributed by atoms with Crippen molar-refractivity contribution in [2.45, 2.75) is 63.3 Å². The van der Waals surface area contributed by atoms with E-state index in [1.54, 1.807) is 7.05 Å². The Labute approximate surface area is 258 Å². The first kappa shape index (κ1) is 31.0. The molecule has 0 aromatic heterocycles. The van der Waals surface area contributed by atoms with Gasteiger partial charge in [0.25, 0.3) is 0 Å². The van der Waals surface area contributed by atoms with Gasteiger partial charge >= 0.3 is 11.9 Å². The van der Waals surface area contributed by atoms with Gasteiger partial charge in [-0.3, -0.25) is 19.3 Å². The number of amides is 1. The van der Waals surface area contributed by atoms with Crippen molar-refractivity contribution in [3.05, 3.63) is 95.7 Å². The molecule has 44 heavy (non-hydrogen) atoms. The average molecular weight is 597 g/mol. The zero-order valence-corrected chi connectivity index (χ0v) is 25.9. The van der Waals surface area contributed by atoms with E-state index in [0.29, 0.717) is 25.9 Å². The Morgan fingerprint density at radius 3 is 2.36 bits per heavy atom. The average Bonchev–Trinajstić information content (AvgIpc) is 3.37. The lowest BCUT2D eigenvalue weighted by atomic mass is 9.74. The molecule has 2 aliphatic rings. The number of carboxylic acid groups (broad SMARTS) is 2. The Morgan fingerprint density at radius 2 is 1.64 bits per heavy atom. The highest BCUT2D eigenvalue weighted by Crippen LogP contribution is 2.51. The summed E-state index contributed by atoms with van der Waals surface area (Å²) in [6.07, 6.45) is 7.30. The fraction of sp³-hybridized carbons (Fsp3) is 0.361. The van der Waals surface area contributed by atoms with Crippen LogP contribution in [0.4, 0.5) is 11.4 Å². The highest BCUT2D eigenvalue weighted by atomic mass is 16.4. The van der Waals surface area contributed by atoms with Crippen molar-refractivity contribution in [2.24, 2.45) is 0 Å². The first-order chi connectivity index (χ1) is 21.0. The van der Waals surface area contributed by atoms with Gasteiger partial charge in [0.05, 0.1) is 24.8 Å². The summed E-state index contributed by atoms with van der Waals surface area (Å²) in [5, 5.41) is 24.2. The van der Waals surface area contributed by atoms with Gasteiger partial charge < -0.3 is 20.4 Å². The Kier molecular flexibility index (Phi) is 8.66. The molecule has 8 nitrogen and oxygen atoms in total. The van der Waals surface area contributed by atoms with Crippen LogP contribution in [0, 0.1) is 0 Å². The molecule has 3 unspecified atom stereocenters. The van der Waals surface area contributed by atoms with Crippen LogP contribution in [0.2, 0.25) is 0 Å². The number of fused-ring (bicyclic) bond motifs is 4. The molecule has 0 bridgehead atoms. The zero-order valence-electron chi connectivity index (χ0n) is 25.9. The molecule has 4 N–H and O–H groups in total. The summed E-state index contributed by atoms with van der Waals surface area (Å²) in [6, 6.07) is 20.5. The van der Waals surface area contributed by atoms with Gasteiger partial charge in [-0.15, -0.1) is 0 Å². The number of allylic oxidation sites excluding steroid dienone is 3. The molecule has 2 aliphatic heterocycles. The first-order valence-electron chi connectivity index (χ1n) is 15.3. The largest absolute Gasteiger partial charge is 0.481 e. The van der Waals surface area contributed by atoms with Gasteiger partial charge in [-0.2, -0.15) is 0 Å². The van der Waals surface area contributed by atoms with Crippen molar-refractivity contribution in [2.75, 3.05) is 25.0 Å². The van der Waals surface area contributed by atoms with E-state index in [4.69, 9.17) is 0 Å². The van der Waals surface area contributed by atoms with Crippen LogP contribution in [0.25, 0.3) is 10.8 Å². The molecule has 3 atom stereocenters. The van der Waals surface area contributed by atoms with Gasteiger partial charge in [0.1, 0.15) is 11.7 Å². The number of hydrogen-bond donors (Lipinski definition) is 4. The van der Waals surface area contributed by atoms with E-state index in [9.17, 15) is 24.6 Å². The van der Waals surface area contributed by atoms with Crippen LogP contribution in [-0.4, -0.2) is 54.2 Å².